The molecule has 0 bridgehead atoms. The van der Waals surface area contributed by atoms with E-state index < -0.39 is 17.6 Å². The summed E-state index contributed by atoms with van der Waals surface area (Å²) >= 11 is 0. The average Bonchev–Trinajstić information content (AvgIpc) is 3.26. The van der Waals surface area contributed by atoms with E-state index in [2.05, 4.69) is 25.5 Å². The van der Waals surface area contributed by atoms with Crippen molar-refractivity contribution >= 4 is 22.9 Å². The van der Waals surface area contributed by atoms with E-state index in [4.69, 9.17) is 0 Å². The Hall–Kier alpha value is -3.76. The van der Waals surface area contributed by atoms with Crippen LogP contribution >= 0.6 is 0 Å². The summed E-state index contributed by atoms with van der Waals surface area (Å²) in [4.78, 5) is 20.8. The summed E-state index contributed by atoms with van der Waals surface area (Å²) < 4.78 is 43.1. The molecule has 0 fully saturated rings. The second-order valence-corrected chi connectivity index (χ2v) is 7.49. The van der Waals surface area contributed by atoms with Crippen LogP contribution in [0.3, 0.4) is 0 Å². The molecule has 1 N–H and O–H groups in total. The zero-order chi connectivity index (χ0) is 23.0. The molecular formula is C21H20F3N7O. The van der Waals surface area contributed by atoms with Gasteiger partial charge in [-0.25, -0.2) is 19.3 Å². The molecule has 0 radical (unpaired) electrons. The van der Waals surface area contributed by atoms with Gasteiger partial charge < -0.3 is 0 Å². The van der Waals surface area contributed by atoms with E-state index in [0.29, 0.717) is 6.54 Å². The molecule has 0 spiro atoms. The summed E-state index contributed by atoms with van der Waals surface area (Å²) in [6.07, 6.45) is -3.06. The molecule has 4 aromatic rings. The van der Waals surface area contributed by atoms with Crippen molar-refractivity contribution in [2.75, 3.05) is 5.32 Å². The summed E-state index contributed by atoms with van der Waals surface area (Å²) in [5, 5.41) is 10.8. The molecule has 0 aliphatic rings. The van der Waals surface area contributed by atoms with E-state index in [-0.39, 0.29) is 34.9 Å². The average molecular weight is 443 g/mol. The zero-order valence-corrected chi connectivity index (χ0v) is 17.6. The Balaban J connectivity index is 1.52. The minimum atomic E-state index is -4.55. The van der Waals surface area contributed by atoms with E-state index >= 15 is 0 Å². The number of aryl methyl sites for hydroxylation is 3. The quantitative estimate of drug-likeness (QED) is 0.509. The SMILES string of the molecule is Cc1cc(C(F)(F)F)c2c(C)nn(CC(=O)Nc3ncn(Cc4ccccc4C)n3)c2n1. The third kappa shape index (κ3) is 4.32. The van der Waals surface area contributed by atoms with Gasteiger partial charge in [0.05, 0.1) is 23.2 Å². The van der Waals surface area contributed by atoms with Crippen LogP contribution in [0.1, 0.15) is 28.1 Å². The lowest BCUT2D eigenvalue weighted by Gasteiger charge is -2.10. The van der Waals surface area contributed by atoms with E-state index in [1.54, 1.807) is 4.68 Å². The summed E-state index contributed by atoms with van der Waals surface area (Å²) in [6, 6.07) is 8.82. The first kappa shape index (κ1) is 21.5. The van der Waals surface area contributed by atoms with Crippen LogP contribution in [0.15, 0.2) is 36.7 Å². The topological polar surface area (TPSA) is 90.5 Å². The lowest BCUT2D eigenvalue weighted by molar-refractivity contribution is -0.136. The molecule has 0 unspecified atom stereocenters. The molecule has 4 rings (SSSR count). The molecule has 8 nitrogen and oxygen atoms in total. The van der Waals surface area contributed by atoms with Crippen LogP contribution in [0.4, 0.5) is 19.1 Å². The van der Waals surface area contributed by atoms with Crippen LogP contribution in [-0.2, 0) is 24.1 Å². The zero-order valence-electron chi connectivity index (χ0n) is 17.6. The van der Waals surface area contributed by atoms with Crippen LogP contribution in [0.5, 0.6) is 0 Å². The third-order valence-electron chi connectivity index (χ3n) is 4.99. The smallest absolute Gasteiger partial charge is 0.292 e. The molecule has 32 heavy (non-hydrogen) atoms. The number of rotatable bonds is 5. The monoisotopic (exact) mass is 443 g/mol. The van der Waals surface area contributed by atoms with Gasteiger partial charge in [0.2, 0.25) is 11.9 Å². The van der Waals surface area contributed by atoms with Crippen molar-refractivity contribution in [3.63, 3.8) is 0 Å². The van der Waals surface area contributed by atoms with Crippen molar-refractivity contribution in [1.29, 1.82) is 0 Å². The number of benzene rings is 1. The maximum absolute atomic E-state index is 13.5. The van der Waals surface area contributed by atoms with Gasteiger partial charge in [-0.15, -0.1) is 5.10 Å². The van der Waals surface area contributed by atoms with Crippen molar-refractivity contribution in [3.05, 3.63) is 64.7 Å². The van der Waals surface area contributed by atoms with Crippen LogP contribution in [0, 0.1) is 20.8 Å². The van der Waals surface area contributed by atoms with E-state index in [1.165, 1.54) is 20.2 Å². The fraction of sp³-hybridized carbons (Fsp3) is 0.286. The molecule has 3 aromatic heterocycles. The number of alkyl halides is 3. The predicted molar refractivity (Wildman–Crippen MR) is 111 cm³/mol. The highest BCUT2D eigenvalue weighted by atomic mass is 19.4. The number of hydrogen-bond donors (Lipinski definition) is 1. The number of carbonyl (C=O) groups is 1. The molecule has 166 valence electrons. The highest BCUT2D eigenvalue weighted by Crippen LogP contribution is 2.36. The van der Waals surface area contributed by atoms with Gasteiger partial charge in [-0.1, -0.05) is 24.3 Å². The van der Waals surface area contributed by atoms with Gasteiger partial charge in [0.15, 0.2) is 5.65 Å². The number of aromatic nitrogens is 6. The normalized spacial score (nSPS) is 11.8. The van der Waals surface area contributed by atoms with Crippen molar-refractivity contribution in [2.24, 2.45) is 0 Å². The van der Waals surface area contributed by atoms with Gasteiger partial charge >= 0.3 is 6.18 Å². The maximum Gasteiger partial charge on any atom is 0.417 e. The molecule has 0 saturated carbocycles. The molecule has 0 aliphatic heterocycles. The lowest BCUT2D eigenvalue weighted by Crippen LogP contribution is -2.21. The van der Waals surface area contributed by atoms with Gasteiger partial charge in [-0.3, -0.25) is 10.1 Å². The number of carbonyl (C=O) groups excluding carboxylic acids is 1. The van der Waals surface area contributed by atoms with Gasteiger partial charge in [0, 0.05) is 5.69 Å². The highest BCUT2D eigenvalue weighted by molar-refractivity contribution is 5.90. The Labute approximate surface area is 181 Å². The first-order chi connectivity index (χ1) is 15.1. The number of pyridine rings is 1. The number of amides is 1. The molecule has 0 aliphatic carbocycles. The molecule has 3 heterocycles. The molecule has 0 atom stereocenters. The Bertz CT molecular complexity index is 1310. The summed E-state index contributed by atoms with van der Waals surface area (Å²) in [5.41, 5.74) is 1.69. The van der Waals surface area contributed by atoms with E-state index in [1.807, 2.05) is 31.2 Å². The molecule has 1 aromatic carbocycles. The lowest BCUT2D eigenvalue weighted by atomic mass is 10.1. The molecule has 0 saturated heterocycles. The van der Waals surface area contributed by atoms with Gasteiger partial charge in [-0.2, -0.15) is 18.3 Å². The Morgan fingerprint density at radius 3 is 2.59 bits per heavy atom. The number of hydrogen-bond acceptors (Lipinski definition) is 5. The van der Waals surface area contributed by atoms with Crippen molar-refractivity contribution in [3.8, 4) is 0 Å². The minimum Gasteiger partial charge on any atom is -0.292 e. The van der Waals surface area contributed by atoms with Gasteiger partial charge in [0.1, 0.15) is 12.9 Å². The van der Waals surface area contributed by atoms with Crippen LogP contribution in [0.2, 0.25) is 0 Å². The van der Waals surface area contributed by atoms with E-state index in [0.717, 1.165) is 21.9 Å². The number of nitrogens with zero attached hydrogens (tertiary/aromatic N) is 6. The van der Waals surface area contributed by atoms with Crippen LogP contribution < -0.4 is 5.32 Å². The van der Waals surface area contributed by atoms with Crippen LogP contribution in [-0.4, -0.2) is 35.4 Å². The molecule has 11 heteroatoms. The number of halogens is 3. The van der Waals surface area contributed by atoms with Crippen LogP contribution in [0.25, 0.3) is 11.0 Å². The largest absolute Gasteiger partial charge is 0.417 e. The summed E-state index contributed by atoms with van der Waals surface area (Å²) in [6.45, 7) is 5.07. The fourth-order valence-corrected chi connectivity index (χ4v) is 3.50. The maximum atomic E-state index is 13.5. The Morgan fingerprint density at radius 2 is 1.88 bits per heavy atom. The summed E-state index contributed by atoms with van der Waals surface area (Å²) in [5.74, 6) is -0.434. The molecule has 1 amide bonds. The second-order valence-electron chi connectivity index (χ2n) is 7.49. The number of nitrogens with one attached hydrogen (secondary N) is 1. The number of fused-ring (bicyclic) bond motifs is 1. The number of anilines is 1. The van der Waals surface area contributed by atoms with Crippen molar-refractivity contribution in [1.82, 2.24) is 29.5 Å². The van der Waals surface area contributed by atoms with Gasteiger partial charge in [-0.05, 0) is 38.0 Å². The summed E-state index contributed by atoms with van der Waals surface area (Å²) in [7, 11) is 0. The van der Waals surface area contributed by atoms with Crippen molar-refractivity contribution in [2.45, 2.75) is 40.0 Å². The molecular weight excluding hydrogens is 423 g/mol. The predicted octanol–water partition coefficient (Wildman–Crippen LogP) is 3.65. The first-order valence-electron chi connectivity index (χ1n) is 9.77. The second kappa shape index (κ2) is 8.06. The third-order valence-corrected chi connectivity index (χ3v) is 4.99. The fourth-order valence-electron chi connectivity index (χ4n) is 3.50. The van der Waals surface area contributed by atoms with Crippen molar-refractivity contribution < 1.29 is 18.0 Å². The highest BCUT2D eigenvalue weighted by Gasteiger charge is 2.35. The Morgan fingerprint density at radius 1 is 1.12 bits per heavy atom. The Kier molecular flexibility index (Phi) is 5.41. The van der Waals surface area contributed by atoms with E-state index in [9.17, 15) is 18.0 Å². The first-order valence-corrected chi connectivity index (χ1v) is 9.77. The van der Waals surface area contributed by atoms with Gasteiger partial charge in [0.25, 0.3) is 0 Å². The minimum absolute atomic E-state index is 0.00279. The standard InChI is InChI=1S/C21H20F3N7O/c1-12-6-4-5-7-15(12)9-30-11-25-20(29-30)27-17(32)10-31-19-18(14(3)28-31)16(21(22,23)24)8-13(2)26-19/h4-8,11H,9-10H2,1-3H3,(H,27,29,32).